The lowest BCUT2D eigenvalue weighted by atomic mass is 10.1. The van der Waals surface area contributed by atoms with Crippen LogP contribution in [0.3, 0.4) is 0 Å². The molecule has 8 heteroatoms. The number of anilines is 3. The number of benzene rings is 1. The molecule has 1 aliphatic rings. The molecule has 29 heavy (non-hydrogen) atoms. The molecule has 4 rings (SSSR count). The first kappa shape index (κ1) is 19.4. The van der Waals surface area contributed by atoms with Gasteiger partial charge >= 0.3 is 0 Å². The summed E-state index contributed by atoms with van der Waals surface area (Å²) in [7, 11) is 0. The Morgan fingerprint density at radius 1 is 1.24 bits per heavy atom. The fourth-order valence-corrected chi connectivity index (χ4v) is 3.69. The Kier molecular flexibility index (Phi) is 5.76. The summed E-state index contributed by atoms with van der Waals surface area (Å²) in [6, 6.07) is 10.2. The Balaban J connectivity index is 1.62. The average molecular weight is 410 g/mol. The molecule has 0 aliphatic carbocycles. The molecule has 0 amide bonds. The largest absolute Gasteiger partial charge is 0.334 e. The first-order valence-corrected chi connectivity index (χ1v) is 10.3. The van der Waals surface area contributed by atoms with E-state index in [0.29, 0.717) is 17.7 Å². The summed E-state index contributed by atoms with van der Waals surface area (Å²) >= 11 is 6.06. The van der Waals surface area contributed by atoms with Crippen molar-refractivity contribution in [1.29, 1.82) is 0 Å². The van der Waals surface area contributed by atoms with Crippen molar-refractivity contribution in [3.8, 4) is 0 Å². The van der Waals surface area contributed by atoms with Gasteiger partial charge in [0.15, 0.2) is 5.82 Å². The molecule has 3 heterocycles. The summed E-state index contributed by atoms with van der Waals surface area (Å²) in [6.45, 7) is 4.92. The first-order valence-electron chi connectivity index (χ1n) is 9.88. The van der Waals surface area contributed by atoms with Crippen LogP contribution < -0.4 is 10.2 Å². The second-order valence-electron chi connectivity index (χ2n) is 6.97. The molecule has 1 fully saturated rings. The van der Waals surface area contributed by atoms with Gasteiger partial charge in [-0.25, -0.2) is 0 Å². The van der Waals surface area contributed by atoms with Crippen molar-refractivity contribution in [2.45, 2.75) is 39.2 Å². The maximum atomic E-state index is 6.06. The van der Waals surface area contributed by atoms with E-state index in [-0.39, 0.29) is 6.04 Å². The minimum Gasteiger partial charge on any atom is -0.334 e. The van der Waals surface area contributed by atoms with Gasteiger partial charge in [-0.2, -0.15) is 20.1 Å². The fraction of sp³-hybridized carbons (Fsp3) is 0.333. The summed E-state index contributed by atoms with van der Waals surface area (Å²) < 4.78 is 0. The van der Waals surface area contributed by atoms with Gasteiger partial charge in [0.2, 0.25) is 11.9 Å². The van der Waals surface area contributed by atoms with Crippen LogP contribution in [0, 0.1) is 0 Å². The highest BCUT2D eigenvalue weighted by Gasteiger charge is 2.29. The van der Waals surface area contributed by atoms with Gasteiger partial charge in [0.1, 0.15) is 5.82 Å². The van der Waals surface area contributed by atoms with Gasteiger partial charge < -0.3 is 10.2 Å². The minimum absolute atomic E-state index is 0.235. The molecular weight excluding hydrogens is 386 g/mol. The average Bonchev–Trinajstić information content (AvgIpc) is 3.38. The highest BCUT2D eigenvalue weighted by atomic mass is 35.5. The van der Waals surface area contributed by atoms with Crippen molar-refractivity contribution < 1.29 is 0 Å². The lowest BCUT2D eigenvalue weighted by Gasteiger charge is -2.25. The second-order valence-corrected chi connectivity index (χ2v) is 7.40. The SMILES string of the molecule is C/C=C/c1cc(Nc2nc(CC)nc(N3CCCC3c3ccc(Cl)cc3)n2)n[nH]1. The summed E-state index contributed by atoms with van der Waals surface area (Å²) in [5.41, 5.74) is 2.14. The number of allylic oxidation sites excluding steroid dienone is 1. The molecule has 1 unspecified atom stereocenters. The van der Waals surface area contributed by atoms with E-state index in [1.807, 2.05) is 44.2 Å². The van der Waals surface area contributed by atoms with Crippen LogP contribution in [-0.2, 0) is 6.42 Å². The molecule has 0 spiro atoms. The molecule has 1 aromatic carbocycles. The number of nitrogens with zero attached hydrogens (tertiary/aromatic N) is 5. The quantitative estimate of drug-likeness (QED) is 0.600. The van der Waals surface area contributed by atoms with Crippen LogP contribution in [0.2, 0.25) is 5.02 Å². The molecule has 0 saturated carbocycles. The number of aryl methyl sites for hydroxylation is 1. The van der Waals surface area contributed by atoms with E-state index in [2.05, 4.69) is 37.5 Å². The number of nitrogens with one attached hydrogen (secondary N) is 2. The third-order valence-electron chi connectivity index (χ3n) is 4.93. The Morgan fingerprint density at radius 3 is 2.83 bits per heavy atom. The smallest absolute Gasteiger partial charge is 0.233 e. The van der Waals surface area contributed by atoms with E-state index in [9.17, 15) is 0 Å². The van der Waals surface area contributed by atoms with Gasteiger partial charge in [0.25, 0.3) is 0 Å². The Hall–Kier alpha value is -2.93. The lowest BCUT2D eigenvalue weighted by Crippen LogP contribution is -2.25. The maximum absolute atomic E-state index is 6.06. The van der Waals surface area contributed by atoms with E-state index in [4.69, 9.17) is 21.6 Å². The molecule has 1 saturated heterocycles. The monoisotopic (exact) mass is 409 g/mol. The van der Waals surface area contributed by atoms with Gasteiger partial charge in [0, 0.05) is 24.1 Å². The van der Waals surface area contributed by atoms with Crippen LogP contribution in [-0.4, -0.2) is 31.7 Å². The van der Waals surface area contributed by atoms with Crippen molar-refractivity contribution >= 4 is 35.4 Å². The van der Waals surface area contributed by atoms with E-state index in [0.717, 1.165) is 42.3 Å². The zero-order valence-electron chi connectivity index (χ0n) is 16.6. The Bertz CT molecular complexity index is 997. The molecule has 150 valence electrons. The van der Waals surface area contributed by atoms with Gasteiger partial charge in [-0.05, 0) is 43.5 Å². The van der Waals surface area contributed by atoms with E-state index >= 15 is 0 Å². The third-order valence-corrected chi connectivity index (χ3v) is 5.19. The molecule has 2 aromatic heterocycles. The van der Waals surface area contributed by atoms with Gasteiger partial charge in [-0.1, -0.05) is 36.7 Å². The summed E-state index contributed by atoms with van der Waals surface area (Å²) in [5.74, 6) is 2.63. The van der Waals surface area contributed by atoms with Gasteiger partial charge in [0.05, 0.1) is 11.7 Å². The van der Waals surface area contributed by atoms with Gasteiger partial charge in [-0.15, -0.1) is 0 Å². The van der Waals surface area contributed by atoms with Crippen LogP contribution in [0.15, 0.2) is 36.4 Å². The van der Waals surface area contributed by atoms with Crippen LogP contribution in [0.4, 0.5) is 17.7 Å². The topological polar surface area (TPSA) is 82.6 Å². The highest BCUT2D eigenvalue weighted by Crippen LogP contribution is 2.35. The predicted molar refractivity (Wildman–Crippen MR) is 117 cm³/mol. The molecular formula is C21H24ClN7. The summed E-state index contributed by atoms with van der Waals surface area (Å²) in [4.78, 5) is 16.2. The van der Waals surface area contributed by atoms with Crippen LogP contribution in [0.1, 0.15) is 49.8 Å². The van der Waals surface area contributed by atoms with E-state index in [1.54, 1.807) is 0 Å². The molecule has 1 atom stereocenters. The molecule has 7 nitrogen and oxygen atoms in total. The molecule has 2 N–H and O–H groups in total. The molecule has 0 radical (unpaired) electrons. The number of hydrogen-bond donors (Lipinski definition) is 2. The highest BCUT2D eigenvalue weighted by molar-refractivity contribution is 6.30. The normalized spacial score (nSPS) is 16.7. The zero-order valence-corrected chi connectivity index (χ0v) is 17.3. The van der Waals surface area contributed by atoms with E-state index < -0.39 is 0 Å². The standard InChI is InChI=1S/C21H24ClN7/c1-3-6-16-13-19(28-27-16)24-20-23-18(4-2)25-21(26-20)29-12-5-7-17(29)14-8-10-15(22)11-9-14/h3,6,8-11,13,17H,4-5,7,12H2,1-2H3,(H2,23,24,25,26,27,28)/b6-3+. The second kappa shape index (κ2) is 8.61. The summed E-state index contributed by atoms with van der Waals surface area (Å²) in [6.07, 6.45) is 6.79. The van der Waals surface area contributed by atoms with Crippen LogP contribution in [0.25, 0.3) is 6.08 Å². The summed E-state index contributed by atoms with van der Waals surface area (Å²) in [5, 5.41) is 11.2. The number of halogens is 1. The lowest BCUT2D eigenvalue weighted by molar-refractivity contribution is 0.695. The van der Waals surface area contributed by atoms with Crippen LogP contribution in [0.5, 0.6) is 0 Å². The van der Waals surface area contributed by atoms with Crippen molar-refractivity contribution in [2.24, 2.45) is 0 Å². The number of hydrogen-bond acceptors (Lipinski definition) is 6. The van der Waals surface area contributed by atoms with Crippen LogP contribution >= 0.6 is 11.6 Å². The number of aromatic nitrogens is 5. The van der Waals surface area contributed by atoms with Crippen molar-refractivity contribution in [3.63, 3.8) is 0 Å². The third kappa shape index (κ3) is 4.40. The Morgan fingerprint density at radius 2 is 2.07 bits per heavy atom. The van der Waals surface area contributed by atoms with Gasteiger partial charge in [-0.3, -0.25) is 5.10 Å². The number of aromatic amines is 1. The molecule has 0 bridgehead atoms. The van der Waals surface area contributed by atoms with Crippen molar-refractivity contribution in [3.05, 3.63) is 58.5 Å². The maximum Gasteiger partial charge on any atom is 0.233 e. The predicted octanol–water partition coefficient (Wildman–Crippen LogP) is 4.93. The van der Waals surface area contributed by atoms with Crippen molar-refractivity contribution in [2.75, 3.05) is 16.8 Å². The Labute approximate surface area is 175 Å². The van der Waals surface area contributed by atoms with E-state index in [1.165, 1.54) is 5.56 Å². The fourth-order valence-electron chi connectivity index (χ4n) is 3.57. The first-order chi connectivity index (χ1) is 14.2. The zero-order chi connectivity index (χ0) is 20.2. The van der Waals surface area contributed by atoms with Crippen molar-refractivity contribution in [1.82, 2.24) is 25.1 Å². The number of rotatable bonds is 6. The number of H-pyrrole nitrogens is 1. The minimum atomic E-state index is 0.235. The molecule has 3 aromatic rings. The molecule has 1 aliphatic heterocycles.